The van der Waals surface area contributed by atoms with Crippen LogP contribution in [0.3, 0.4) is 0 Å². The SMILES string of the molecule is C[C@H](C(=O)O)c1ccc([O-])cc1. The molecule has 3 nitrogen and oxygen atoms in total. The zero-order valence-corrected chi connectivity index (χ0v) is 6.65. The lowest BCUT2D eigenvalue weighted by Crippen LogP contribution is -2.07. The predicted molar refractivity (Wildman–Crippen MR) is 41.9 cm³/mol. The lowest BCUT2D eigenvalue weighted by molar-refractivity contribution is -0.268. The standard InChI is InChI=1S/C9H10O3/c1-6(9(11)12)7-2-4-8(10)5-3-7/h2-6,10H,1H3,(H,11,12)/p-1/t6-/m0/s1. The molecule has 0 aliphatic heterocycles. The molecule has 12 heavy (non-hydrogen) atoms. The fourth-order valence-electron chi connectivity index (χ4n) is 0.899. The van der Waals surface area contributed by atoms with Crippen molar-refractivity contribution in [2.24, 2.45) is 0 Å². The summed E-state index contributed by atoms with van der Waals surface area (Å²) < 4.78 is 0. The second kappa shape index (κ2) is 3.26. The first kappa shape index (κ1) is 8.59. The summed E-state index contributed by atoms with van der Waals surface area (Å²) in [6.45, 7) is 1.59. The van der Waals surface area contributed by atoms with Gasteiger partial charge in [-0.3, -0.25) is 4.79 Å². The summed E-state index contributed by atoms with van der Waals surface area (Å²) in [6.07, 6.45) is 0. The topological polar surface area (TPSA) is 60.4 Å². The quantitative estimate of drug-likeness (QED) is 0.709. The molecule has 0 amide bonds. The van der Waals surface area contributed by atoms with Crippen LogP contribution < -0.4 is 5.11 Å². The largest absolute Gasteiger partial charge is 0.872 e. The number of hydrogen-bond acceptors (Lipinski definition) is 2. The van der Waals surface area contributed by atoms with Gasteiger partial charge < -0.3 is 10.2 Å². The van der Waals surface area contributed by atoms with Crippen molar-refractivity contribution in [3.05, 3.63) is 29.8 Å². The number of hydrogen-bond donors (Lipinski definition) is 1. The number of rotatable bonds is 2. The first-order chi connectivity index (χ1) is 5.61. The third-order valence-corrected chi connectivity index (χ3v) is 1.75. The molecule has 1 aromatic carbocycles. The van der Waals surface area contributed by atoms with E-state index in [2.05, 4.69) is 0 Å². The Hall–Kier alpha value is -1.51. The molecule has 0 aromatic heterocycles. The van der Waals surface area contributed by atoms with E-state index in [-0.39, 0.29) is 5.75 Å². The minimum absolute atomic E-state index is 0.101. The van der Waals surface area contributed by atoms with E-state index in [0.717, 1.165) is 0 Å². The normalized spacial score (nSPS) is 12.4. The van der Waals surface area contributed by atoms with Crippen LogP contribution in [0.5, 0.6) is 5.75 Å². The van der Waals surface area contributed by atoms with Gasteiger partial charge in [0, 0.05) is 0 Å². The van der Waals surface area contributed by atoms with Crippen LogP contribution in [0.25, 0.3) is 0 Å². The molecule has 64 valence electrons. The molecular formula is C9H9O3-. The molecule has 1 rings (SSSR count). The molecule has 1 atom stereocenters. The van der Waals surface area contributed by atoms with Gasteiger partial charge in [0.05, 0.1) is 5.92 Å². The van der Waals surface area contributed by atoms with Gasteiger partial charge in [0.25, 0.3) is 0 Å². The van der Waals surface area contributed by atoms with E-state index in [0.29, 0.717) is 5.56 Å². The highest BCUT2D eigenvalue weighted by atomic mass is 16.4. The van der Waals surface area contributed by atoms with Crippen molar-refractivity contribution in [2.45, 2.75) is 12.8 Å². The Morgan fingerprint density at radius 3 is 2.33 bits per heavy atom. The van der Waals surface area contributed by atoms with Gasteiger partial charge in [-0.2, -0.15) is 0 Å². The van der Waals surface area contributed by atoms with Gasteiger partial charge in [-0.05, 0) is 12.5 Å². The van der Waals surface area contributed by atoms with E-state index < -0.39 is 11.9 Å². The molecule has 0 radical (unpaired) electrons. The van der Waals surface area contributed by atoms with Crippen LogP contribution in [0.1, 0.15) is 18.4 Å². The lowest BCUT2D eigenvalue weighted by Gasteiger charge is -2.09. The highest BCUT2D eigenvalue weighted by molar-refractivity contribution is 5.75. The van der Waals surface area contributed by atoms with Crippen molar-refractivity contribution in [2.75, 3.05) is 0 Å². The number of aliphatic carboxylic acids is 1. The second-order valence-corrected chi connectivity index (χ2v) is 2.63. The minimum Gasteiger partial charge on any atom is -0.872 e. The first-order valence-electron chi connectivity index (χ1n) is 3.61. The molecule has 0 aliphatic rings. The Morgan fingerprint density at radius 1 is 1.42 bits per heavy atom. The summed E-state index contributed by atoms with van der Waals surface area (Å²) in [5.41, 5.74) is 0.655. The second-order valence-electron chi connectivity index (χ2n) is 2.63. The first-order valence-corrected chi connectivity index (χ1v) is 3.61. The Morgan fingerprint density at radius 2 is 1.92 bits per heavy atom. The summed E-state index contributed by atoms with van der Waals surface area (Å²) in [5, 5.41) is 19.3. The van der Waals surface area contributed by atoms with Gasteiger partial charge in [-0.1, -0.05) is 24.3 Å². The van der Waals surface area contributed by atoms with Crippen molar-refractivity contribution >= 4 is 5.97 Å². The molecule has 0 saturated heterocycles. The van der Waals surface area contributed by atoms with Crippen molar-refractivity contribution in [1.29, 1.82) is 0 Å². The molecule has 0 aliphatic carbocycles. The van der Waals surface area contributed by atoms with Gasteiger partial charge in [-0.25, -0.2) is 0 Å². The highest BCUT2D eigenvalue weighted by Crippen LogP contribution is 2.16. The van der Waals surface area contributed by atoms with Gasteiger partial charge in [0.2, 0.25) is 0 Å². The lowest BCUT2D eigenvalue weighted by atomic mass is 10.0. The number of carboxylic acid groups (broad SMARTS) is 1. The minimum atomic E-state index is -0.881. The summed E-state index contributed by atoms with van der Waals surface area (Å²) in [5.74, 6) is -1.53. The maximum absolute atomic E-state index is 10.7. The van der Waals surface area contributed by atoms with E-state index in [1.807, 2.05) is 0 Å². The van der Waals surface area contributed by atoms with Crippen LogP contribution in [0.15, 0.2) is 24.3 Å². The maximum Gasteiger partial charge on any atom is 0.310 e. The third kappa shape index (κ3) is 1.75. The van der Waals surface area contributed by atoms with Crippen LogP contribution in [0.2, 0.25) is 0 Å². The van der Waals surface area contributed by atoms with Crippen LogP contribution >= 0.6 is 0 Å². The summed E-state index contributed by atoms with van der Waals surface area (Å²) in [7, 11) is 0. The Kier molecular flexibility index (Phi) is 2.33. The monoisotopic (exact) mass is 165 g/mol. The molecule has 1 N–H and O–H groups in total. The van der Waals surface area contributed by atoms with E-state index in [1.54, 1.807) is 19.1 Å². The fraction of sp³-hybridized carbons (Fsp3) is 0.222. The van der Waals surface area contributed by atoms with E-state index in [4.69, 9.17) is 5.11 Å². The van der Waals surface area contributed by atoms with Crippen molar-refractivity contribution in [1.82, 2.24) is 0 Å². The van der Waals surface area contributed by atoms with Gasteiger partial charge in [0.1, 0.15) is 0 Å². The highest BCUT2D eigenvalue weighted by Gasteiger charge is 2.11. The van der Waals surface area contributed by atoms with E-state index >= 15 is 0 Å². The molecule has 0 heterocycles. The summed E-state index contributed by atoms with van der Waals surface area (Å²) in [6, 6.07) is 5.83. The molecule has 0 unspecified atom stereocenters. The Balaban J connectivity index is 2.89. The molecule has 3 heteroatoms. The Bertz CT molecular complexity index is 276. The van der Waals surface area contributed by atoms with Crippen LogP contribution in [0, 0.1) is 0 Å². The van der Waals surface area contributed by atoms with Crippen LogP contribution in [-0.4, -0.2) is 11.1 Å². The van der Waals surface area contributed by atoms with Gasteiger partial charge >= 0.3 is 5.97 Å². The zero-order chi connectivity index (χ0) is 9.14. The van der Waals surface area contributed by atoms with Crippen molar-refractivity contribution < 1.29 is 15.0 Å². The average Bonchev–Trinajstić information content (AvgIpc) is 2.04. The molecule has 0 saturated carbocycles. The summed E-state index contributed by atoms with van der Waals surface area (Å²) >= 11 is 0. The molecule has 0 bridgehead atoms. The fourth-order valence-corrected chi connectivity index (χ4v) is 0.899. The smallest absolute Gasteiger partial charge is 0.310 e. The molecule has 1 aromatic rings. The van der Waals surface area contributed by atoms with Crippen LogP contribution in [-0.2, 0) is 4.79 Å². The van der Waals surface area contributed by atoms with Crippen molar-refractivity contribution in [3.8, 4) is 5.75 Å². The van der Waals surface area contributed by atoms with Crippen molar-refractivity contribution in [3.63, 3.8) is 0 Å². The molecular weight excluding hydrogens is 156 g/mol. The maximum atomic E-state index is 10.7. The van der Waals surface area contributed by atoms with Crippen LogP contribution in [0.4, 0.5) is 0 Å². The zero-order valence-electron chi connectivity index (χ0n) is 6.65. The number of carboxylic acids is 1. The van der Waals surface area contributed by atoms with E-state index in [1.165, 1.54) is 12.1 Å². The number of benzene rings is 1. The van der Waals surface area contributed by atoms with Gasteiger partial charge in [0.15, 0.2) is 0 Å². The third-order valence-electron chi connectivity index (χ3n) is 1.75. The average molecular weight is 165 g/mol. The Labute approximate surface area is 70.3 Å². The van der Waals surface area contributed by atoms with E-state index in [9.17, 15) is 9.90 Å². The molecule has 0 spiro atoms. The predicted octanol–water partition coefficient (Wildman–Crippen LogP) is 0.948. The summed E-state index contributed by atoms with van der Waals surface area (Å²) in [4.78, 5) is 10.5. The molecule has 0 fully saturated rings. The number of carbonyl (C=O) groups is 1. The van der Waals surface area contributed by atoms with Gasteiger partial charge in [-0.15, -0.1) is 5.75 Å².